The monoisotopic (exact) mass is 356 g/mol. The standard InChI is InChI=1S/C20H21FN2O3/c1-14-3-5-17(26-14)6-8-20(25)23-11-9-22(10-12-23)19-7-4-16(15(2)24)13-18(19)21/h3-8,13H,9-12H2,1-2H3. The van der Waals surface area contributed by atoms with Gasteiger partial charge >= 0.3 is 0 Å². The van der Waals surface area contributed by atoms with Gasteiger partial charge in [-0.3, -0.25) is 9.59 Å². The molecular formula is C20H21FN2O3. The van der Waals surface area contributed by atoms with Gasteiger partial charge in [-0.15, -0.1) is 0 Å². The Bertz CT molecular complexity index is 848. The predicted molar refractivity (Wildman–Crippen MR) is 97.7 cm³/mol. The third-order valence-corrected chi connectivity index (χ3v) is 4.44. The Labute approximate surface area is 151 Å². The van der Waals surface area contributed by atoms with E-state index in [1.54, 1.807) is 23.1 Å². The fourth-order valence-corrected chi connectivity index (χ4v) is 2.95. The largest absolute Gasteiger partial charge is 0.462 e. The Balaban J connectivity index is 1.59. The number of benzene rings is 1. The van der Waals surface area contributed by atoms with E-state index in [-0.39, 0.29) is 11.7 Å². The molecule has 0 aliphatic carbocycles. The molecule has 136 valence electrons. The number of anilines is 1. The average Bonchev–Trinajstić information content (AvgIpc) is 3.05. The van der Waals surface area contributed by atoms with Gasteiger partial charge in [0.2, 0.25) is 5.91 Å². The van der Waals surface area contributed by atoms with Crippen LogP contribution in [0.3, 0.4) is 0 Å². The lowest BCUT2D eigenvalue weighted by Crippen LogP contribution is -2.48. The molecule has 0 bridgehead atoms. The van der Waals surface area contributed by atoms with E-state index in [4.69, 9.17) is 4.42 Å². The van der Waals surface area contributed by atoms with Crippen LogP contribution in [0.5, 0.6) is 0 Å². The summed E-state index contributed by atoms with van der Waals surface area (Å²) in [6, 6.07) is 8.18. The Morgan fingerprint density at radius 1 is 1.12 bits per heavy atom. The van der Waals surface area contributed by atoms with Gasteiger partial charge in [-0.1, -0.05) is 0 Å². The van der Waals surface area contributed by atoms with Crippen molar-refractivity contribution in [3.63, 3.8) is 0 Å². The van der Waals surface area contributed by atoms with Crippen LogP contribution in [0, 0.1) is 12.7 Å². The topological polar surface area (TPSA) is 53.8 Å². The molecule has 1 aliphatic rings. The summed E-state index contributed by atoms with van der Waals surface area (Å²) >= 11 is 0. The number of rotatable bonds is 4. The Morgan fingerprint density at radius 2 is 1.85 bits per heavy atom. The van der Waals surface area contributed by atoms with E-state index in [2.05, 4.69) is 0 Å². The van der Waals surface area contributed by atoms with Gasteiger partial charge in [0.15, 0.2) is 5.78 Å². The lowest BCUT2D eigenvalue weighted by Gasteiger charge is -2.35. The first kappa shape index (κ1) is 17.9. The minimum Gasteiger partial charge on any atom is -0.462 e. The van der Waals surface area contributed by atoms with Crippen molar-refractivity contribution in [3.8, 4) is 0 Å². The zero-order valence-electron chi connectivity index (χ0n) is 14.9. The Hall–Kier alpha value is -2.89. The van der Waals surface area contributed by atoms with Crippen molar-refractivity contribution in [1.82, 2.24) is 4.90 Å². The summed E-state index contributed by atoms with van der Waals surface area (Å²) in [5.41, 5.74) is 0.821. The molecule has 0 radical (unpaired) electrons. The van der Waals surface area contributed by atoms with Crippen LogP contribution in [-0.4, -0.2) is 42.8 Å². The highest BCUT2D eigenvalue weighted by atomic mass is 19.1. The van der Waals surface area contributed by atoms with Crippen molar-refractivity contribution < 1.29 is 18.4 Å². The quantitative estimate of drug-likeness (QED) is 0.623. The van der Waals surface area contributed by atoms with Gasteiger partial charge in [-0.2, -0.15) is 0 Å². The highest BCUT2D eigenvalue weighted by Gasteiger charge is 2.22. The van der Waals surface area contributed by atoms with Crippen LogP contribution in [0.25, 0.3) is 6.08 Å². The van der Waals surface area contributed by atoms with Gasteiger partial charge in [0.1, 0.15) is 17.3 Å². The van der Waals surface area contributed by atoms with Crippen molar-refractivity contribution >= 4 is 23.5 Å². The number of carbonyl (C=O) groups is 2. The number of carbonyl (C=O) groups excluding carboxylic acids is 2. The van der Waals surface area contributed by atoms with Crippen LogP contribution < -0.4 is 4.90 Å². The molecular weight excluding hydrogens is 335 g/mol. The molecule has 3 rings (SSSR count). The zero-order chi connectivity index (χ0) is 18.7. The summed E-state index contributed by atoms with van der Waals surface area (Å²) in [4.78, 5) is 27.2. The third-order valence-electron chi connectivity index (χ3n) is 4.44. The molecule has 1 aliphatic heterocycles. The number of furan rings is 1. The van der Waals surface area contributed by atoms with Gasteiger partial charge in [0.05, 0.1) is 5.69 Å². The normalized spacial score (nSPS) is 14.9. The summed E-state index contributed by atoms with van der Waals surface area (Å²) in [6.07, 6.45) is 3.15. The highest BCUT2D eigenvalue weighted by molar-refractivity contribution is 5.94. The van der Waals surface area contributed by atoms with Crippen molar-refractivity contribution in [2.24, 2.45) is 0 Å². The molecule has 0 unspecified atom stereocenters. The predicted octanol–water partition coefficient (Wildman–Crippen LogP) is 3.29. The van der Waals surface area contributed by atoms with E-state index in [0.717, 1.165) is 5.76 Å². The van der Waals surface area contributed by atoms with Crippen molar-refractivity contribution in [2.75, 3.05) is 31.1 Å². The molecule has 1 fully saturated rings. The van der Waals surface area contributed by atoms with Gasteiger partial charge < -0.3 is 14.2 Å². The Kier molecular flexibility index (Phi) is 5.21. The highest BCUT2D eigenvalue weighted by Crippen LogP contribution is 2.22. The number of ketones is 1. The zero-order valence-corrected chi connectivity index (χ0v) is 14.9. The van der Waals surface area contributed by atoms with Gasteiger partial charge in [-0.05, 0) is 50.3 Å². The van der Waals surface area contributed by atoms with E-state index < -0.39 is 5.82 Å². The van der Waals surface area contributed by atoms with Crippen LogP contribution in [-0.2, 0) is 4.79 Å². The van der Waals surface area contributed by atoms with Crippen LogP contribution >= 0.6 is 0 Å². The number of piperazine rings is 1. The molecule has 2 heterocycles. The first-order chi connectivity index (χ1) is 12.4. The number of nitrogens with zero attached hydrogens (tertiary/aromatic N) is 2. The molecule has 1 saturated heterocycles. The first-order valence-corrected chi connectivity index (χ1v) is 8.53. The third kappa shape index (κ3) is 4.02. The second-order valence-corrected chi connectivity index (χ2v) is 6.32. The molecule has 0 saturated carbocycles. The molecule has 6 heteroatoms. The second-order valence-electron chi connectivity index (χ2n) is 6.32. The van der Waals surface area contributed by atoms with E-state index in [1.165, 1.54) is 19.1 Å². The smallest absolute Gasteiger partial charge is 0.246 e. The van der Waals surface area contributed by atoms with Crippen LogP contribution in [0.4, 0.5) is 10.1 Å². The Morgan fingerprint density at radius 3 is 2.42 bits per heavy atom. The fraction of sp³-hybridized carbons (Fsp3) is 0.300. The summed E-state index contributed by atoms with van der Waals surface area (Å²) in [5, 5.41) is 0. The number of aryl methyl sites for hydroxylation is 1. The second kappa shape index (κ2) is 7.56. The molecule has 0 atom stereocenters. The van der Waals surface area contributed by atoms with Gasteiger partial charge in [0.25, 0.3) is 0 Å². The molecule has 2 aromatic rings. The summed E-state index contributed by atoms with van der Waals surface area (Å²) < 4.78 is 19.7. The average molecular weight is 356 g/mol. The van der Waals surface area contributed by atoms with Crippen LogP contribution in [0.2, 0.25) is 0 Å². The number of hydrogen-bond acceptors (Lipinski definition) is 4. The maximum absolute atomic E-state index is 14.3. The number of hydrogen-bond donors (Lipinski definition) is 0. The van der Waals surface area contributed by atoms with Crippen molar-refractivity contribution in [1.29, 1.82) is 0 Å². The van der Waals surface area contributed by atoms with Crippen LogP contribution in [0.1, 0.15) is 28.8 Å². The fourth-order valence-electron chi connectivity index (χ4n) is 2.95. The van der Waals surface area contributed by atoms with Gasteiger partial charge in [-0.25, -0.2) is 4.39 Å². The minimum atomic E-state index is -0.412. The van der Waals surface area contributed by atoms with E-state index in [1.807, 2.05) is 24.0 Å². The molecule has 1 aromatic heterocycles. The van der Waals surface area contributed by atoms with Gasteiger partial charge in [0, 0.05) is 37.8 Å². The molecule has 0 spiro atoms. The molecule has 1 aromatic carbocycles. The SMILES string of the molecule is CC(=O)c1ccc(N2CCN(C(=O)C=Cc3ccc(C)o3)CC2)c(F)c1. The summed E-state index contributed by atoms with van der Waals surface area (Å²) in [5.74, 6) is 0.770. The number of amides is 1. The lowest BCUT2D eigenvalue weighted by molar-refractivity contribution is -0.126. The van der Waals surface area contributed by atoms with Crippen molar-refractivity contribution in [2.45, 2.75) is 13.8 Å². The first-order valence-electron chi connectivity index (χ1n) is 8.53. The van der Waals surface area contributed by atoms with E-state index in [9.17, 15) is 14.0 Å². The molecule has 0 N–H and O–H groups in total. The summed E-state index contributed by atoms with van der Waals surface area (Å²) in [6.45, 7) is 5.35. The lowest BCUT2D eigenvalue weighted by atomic mass is 10.1. The van der Waals surface area contributed by atoms with E-state index >= 15 is 0 Å². The molecule has 5 nitrogen and oxygen atoms in total. The minimum absolute atomic E-state index is 0.0916. The summed E-state index contributed by atoms with van der Waals surface area (Å²) in [7, 11) is 0. The van der Waals surface area contributed by atoms with E-state index in [0.29, 0.717) is 43.2 Å². The molecule has 1 amide bonds. The maximum atomic E-state index is 14.3. The maximum Gasteiger partial charge on any atom is 0.246 e. The number of Topliss-reactive ketones (excluding diaryl/α,β-unsaturated/α-hetero) is 1. The van der Waals surface area contributed by atoms with Crippen LogP contribution in [0.15, 0.2) is 40.8 Å². The number of halogens is 1. The van der Waals surface area contributed by atoms with Crippen molar-refractivity contribution in [3.05, 3.63) is 59.3 Å². The molecule has 26 heavy (non-hydrogen) atoms.